The van der Waals surface area contributed by atoms with Gasteiger partial charge in [-0.15, -0.1) is 0 Å². The summed E-state index contributed by atoms with van der Waals surface area (Å²) in [6, 6.07) is 7.70. The molecule has 0 aliphatic carbocycles. The van der Waals surface area contributed by atoms with E-state index in [0.717, 1.165) is 11.0 Å². The first kappa shape index (κ1) is 16.7. The highest BCUT2D eigenvalue weighted by molar-refractivity contribution is 5.89. The van der Waals surface area contributed by atoms with Gasteiger partial charge in [-0.3, -0.25) is 0 Å². The minimum absolute atomic E-state index is 0.0928. The fourth-order valence-electron chi connectivity index (χ4n) is 2.17. The van der Waals surface area contributed by atoms with Crippen LogP contribution in [0.4, 0.5) is 0 Å². The molecule has 3 heteroatoms. The van der Waals surface area contributed by atoms with E-state index in [1.807, 2.05) is 31.2 Å². The van der Waals surface area contributed by atoms with Crippen molar-refractivity contribution in [3.8, 4) is 0 Å². The van der Waals surface area contributed by atoms with Gasteiger partial charge in [0.25, 0.3) is 0 Å². The van der Waals surface area contributed by atoms with E-state index in [0.29, 0.717) is 5.56 Å². The molecule has 0 radical (unpaired) electrons. The maximum Gasteiger partial charge on any atom is 0.338 e. The summed E-state index contributed by atoms with van der Waals surface area (Å²) in [4.78, 5) is 12.1. The summed E-state index contributed by atoms with van der Waals surface area (Å²) in [7, 11) is 6.26. The van der Waals surface area contributed by atoms with Crippen LogP contribution in [-0.2, 0) is 10.2 Å². The van der Waals surface area contributed by atoms with E-state index < -0.39 is 0 Å². The summed E-state index contributed by atoms with van der Waals surface area (Å²) in [5.41, 5.74) is 1.93. The fraction of sp³-hybridized carbons (Fsp3) is 0.588. The molecule has 0 fully saturated rings. The van der Waals surface area contributed by atoms with Crippen molar-refractivity contribution in [2.45, 2.75) is 39.2 Å². The highest BCUT2D eigenvalue weighted by Gasteiger charge is 2.19. The van der Waals surface area contributed by atoms with Crippen molar-refractivity contribution in [3.63, 3.8) is 0 Å². The predicted molar refractivity (Wildman–Crippen MR) is 82.9 cm³/mol. The third kappa shape index (κ3) is 5.33. The maximum absolute atomic E-state index is 12.1. The predicted octanol–water partition coefficient (Wildman–Crippen LogP) is 3.24. The lowest BCUT2D eigenvalue weighted by Crippen LogP contribution is -2.41. The normalized spacial score (nSPS) is 13.9. The standard InChI is InChI=1S/C17H28NO2/c1-13(12-18(5,6)7)20-16(19)14-8-10-15(11-9-14)17(2,3)4/h8-11,13H,12H2,1-7H3/q+1. The van der Waals surface area contributed by atoms with E-state index in [4.69, 9.17) is 4.74 Å². The lowest BCUT2D eigenvalue weighted by Gasteiger charge is -2.27. The van der Waals surface area contributed by atoms with Gasteiger partial charge in [0.05, 0.1) is 26.7 Å². The number of carbonyl (C=O) groups is 1. The smallest absolute Gasteiger partial charge is 0.338 e. The molecule has 1 aromatic carbocycles. The lowest BCUT2D eigenvalue weighted by molar-refractivity contribution is -0.873. The minimum atomic E-state index is -0.244. The average molecular weight is 278 g/mol. The molecule has 1 unspecified atom stereocenters. The molecule has 112 valence electrons. The summed E-state index contributed by atoms with van der Waals surface area (Å²) >= 11 is 0. The first-order valence-corrected chi connectivity index (χ1v) is 7.11. The Hall–Kier alpha value is -1.35. The molecule has 0 saturated heterocycles. The minimum Gasteiger partial charge on any atom is -0.453 e. The van der Waals surface area contributed by atoms with Crippen molar-refractivity contribution in [2.24, 2.45) is 0 Å². The molecule has 1 rings (SSSR count). The van der Waals surface area contributed by atoms with Crippen LogP contribution in [0.3, 0.4) is 0 Å². The van der Waals surface area contributed by atoms with Crippen molar-refractivity contribution in [2.75, 3.05) is 27.7 Å². The van der Waals surface area contributed by atoms with Gasteiger partial charge in [0, 0.05) is 0 Å². The van der Waals surface area contributed by atoms with Crippen LogP contribution in [0, 0.1) is 0 Å². The molecule has 3 nitrogen and oxygen atoms in total. The molecule has 0 aromatic heterocycles. The van der Waals surface area contributed by atoms with Gasteiger partial charge in [0.2, 0.25) is 0 Å². The van der Waals surface area contributed by atoms with Crippen molar-refractivity contribution in [1.29, 1.82) is 0 Å². The lowest BCUT2D eigenvalue weighted by atomic mass is 9.87. The Labute approximate surface area is 123 Å². The third-order valence-electron chi connectivity index (χ3n) is 3.10. The van der Waals surface area contributed by atoms with E-state index in [1.54, 1.807) is 0 Å². The Kier molecular flexibility index (Phi) is 4.98. The van der Waals surface area contributed by atoms with Crippen LogP contribution in [0.5, 0.6) is 0 Å². The van der Waals surface area contributed by atoms with E-state index in [9.17, 15) is 4.79 Å². The fourth-order valence-corrected chi connectivity index (χ4v) is 2.17. The van der Waals surface area contributed by atoms with Crippen LogP contribution < -0.4 is 0 Å². The maximum atomic E-state index is 12.1. The second-order valence-corrected chi connectivity index (χ2v) is 7.52. The van der Waals surface area contributed by atoms with Gasteiger partial charge in [-0.2, -0.15) is 0 Å². The average Bonchev–Trinajstić information content (AvgIpc) is 2.25. The van der Waals surface area contributed by atoms with E-state index in [1.165, 1.54) is 5.56 Å². The molecule has 0 bridgehead atoms. The first-order valence-electron chi connectivity index (χ1n) is 7.11. The van der Waals surface area contributed by atoms with Crippen LogP contribution >= 0.6 is 0 Å². The summed E-state index contributed by atoms with van der Waals surface area (Å²) in [5, 5.41) is 0. The number of rotatable bonds is 4. The number of likely N-dealkylation sites (N-methyl/N-ethyl adjacent to an activating group) is 1. The zero-order valence-electron chi connectivity index (χ0n) is 13.9. The van der Waals surface area contributed by atoms with Gasteiger partial charge in [-0.05, 0) is 30.0 Å². The Morgan fingerprint density at radius 2 is 1.65 bits per heavy atom. The summed E-state index contributed by atoms with van der Waals surface area (Å²) in [5.74, 6) is -0.244. The number of hydrogen-bond donors (Lipinski definition) is 0. The topological polar surface area (TPSA) is 26.3 Å². The number of hydrogen-bond acceptors (Lipinski definition) is 2. The van der Waals surface area contributed by atoms with Gasteiger partial charge < -0.3 is 9.22 Å². The number of nitrogens with zero attached hydrogens (tertiary/aromatic N) is 1. The highest BCUT2D eigenvalue weighted by atomic mass is 16.5. The molecule has 1 aromatic rings. The largest absolute Gasteiger partial charge is 0.453 e. The SMILES string of the molecule is CC(C[N+](C)(C)C)OC(=O)c1ccc(C(C)(C)C)cc1. The van der Waals surface area contributed by atoms with Gasteiger partial charge >= 0.3 is 5.97 Å². The summed E-state index contributed by atoms with van der Waals surface area (Å²) < 4.78 is 6.26. The van der Waals surface area contributed by atoms with Crippen LogP contribution in [0.2, 0.25) is 0 Å². The highest BCUT2D eigenvalue weighted by Crippen LogP contribution is 2.22. The third-order valence-corrected chi connectivity index (χ3v) is 3.10. The van der Waals surface area contributed by atoms with Gasteiger partial charge in [0.15, 0.2) is 0 Å². The zero-order valence-corrected chi connectivity index (χ0v) is 13.9. The van der Waals surface area contributed by atoms with Gasteiger partial charge in [0.1, 0.15) is 12.6 Å². The molecule has 0 aliphatic rings. The van der Waals surface area contributed by atoms with E-state index in [-0.39, 0.29) is 17.5 Å². The van der Waals surface area contributed by atoms with Crippen molar-refractivity contribution in [3.05, 3.63) is 35.4 Å². The Morgan fingerprint density at radius 3 is 2.05 bits per heavy atom. The molecular formula is C17H28NO2+. The Bertz CT molecular complexity index is 449. The number of esters is 1. The first-order chi connectivity index (χ1) is 8.99. The van der Waals surface area contributed by atoms with Crippen LogP contribution in [0.1, 0.15) is 43.6 Å². The van der Waals surface area contributed by atoms with Crippen molar-refractivity contribution < 1.29 is 14.0 Å². The molecule has 0 saturated carbocycles. The summed E-state index contributed by atoms with van der Waals surface area (Å²) in [6.07, 6.45) is -0.0928. The van der Waals surface area contributed by atoms with E-state index >= 15 is 0 Å². The molecule has 0 amide bonds. The second kappa shape index (κ2) is 5.96. The Balaban J connectivity index is 2.69. The van der Waals surface area contributed by atoms with Crippen LogP contribution in [0.15, 0.2) is 24.3 Å². The summed E-state index contributed by atoms with van der Waals surface area (Å²) in [6.45, 7) is 9.20. The second-order valence-electron chi connectivity index (χ2n) is 7.52. The Morgan fingerprint density at radius 1 is 1.15 bits per heavy atom. The number of carbonyl (C=O) groups excluding carboxylic acids is 1. The van der Waals surface area contributed by atoms with Gasteiger partial charge in [-0.25, -0.2) is 4.79 Å². The van der Waals surface area contributed by atoms with Crippen LogP contribution in [0.25, 0.3) is 0 Å². The molecule has 0 aliphatic heterocycles. The number of quaternary nitrogens is 1. The van der Waals surface area contributed by atoms with Gasteiger partial charge in [-0.1, -0.05) is 32.9 Å². The molecule has 0 spiro atoms. The molecule has 1 atom stereocenters. The molecule has 20 heavy (non-hydrogen) atoms. The quantitative estimate of drug-likeness (QED) is 0.624. The van der Waals surface area contributed by atoms with Crippen LogP contribution in [-0.4, -0.2) is 44.2 Å². The molecule has 0 N–H and O–H groups in total. The molecular weight excluding hydrogens is 250 g/mol. The molecule has 0 heterocycles. The van der Waals surface area contributed by atoms with E-state index in [2.05, 4.69) is 41.9 Å². The number of ether oxygens (including phenoxy) is 1. The number of benzene rings is 1. The van der Waals surface area contributed by atoms with Crippen molar-refractivity contribution in [1.82, 2.24) is 0 Å². The zero-order chi connectivity index (χ0) is 15.6. The van der Waals surface area contributed by atoms with Crippen molar-refractivity contribution >= 4 is 5.97 Å². The monoisotopic (exact) mass is 278 g/mol.